The molecular formula is C10H7IS2. The highest BCUT2D eigenvalue weighted by molar-refractivity contribution is 14.1. The summed E-state index contributed by atoms with van der Waals surface area (Å²) in [5.41, 5.74) is 0. The van der Waals surface area contributed by atoms with Crippen LogP contribution in [0.3, 0.4) is 0 Å². The minimum Gasteiger partial charge on any atom is -0.138 e. The molecule has 2 heterocycles. The molecule has 0 spiro atoms. The Bertz CT molecular complexity index is 354. The van der Waals surface area contributed by atoms with Gasteiger partial charge in [0.25, 0.3) is 0 Å². The van der Waals surface area contributed by atoms with Gasteiger partial charge >= 0.3 is 0 Å². The van der Waals surface area contributed by atoms with Crippen LogP contribution in [-0.4, -0.2) is 0 Å². The Hall–Kier alpha value is -0.310. The molecule has 2 aromatic heterocycles. The monoisotopic (exact) mass is 318 g/mol. The zero-order chi connectivity index (χ0) is 9.52. The summed E-state index contributed by atoms with van der Waals surface area (Å²) >= 11 is 5.64. The first kappa shape index (κ1) is 10.8. The lowest BCUT2D eigenvalue weighted by atomic mass is 10.5. The van der Waals surface area contributed by atoms with Gasteiger partial charge in [-0.3, -0.25) is 0 Å². The van der Waals surface area contributed by atoms with E-state index in [2.05, 4.69) is 40.0 Å². The Labute approximate surface area is 99.8 Å². The van der Waals surface area contributed by atoms with E-state index in [1.54, 1.807) is 22.7 Å². The molecule has 0 aromatic carbocycles. The van der Waals surface area contributed by atoms with Gasteiger partial charge in [-0.2, -0.15) is 0 Å². The third kappa shape index (κ3) is 4.46. The van der Waals surface area contributed by atoms with E-state index in [1.807, 2.05) is 23.6 Å². The van der Waals surface area contributed by atoms with Crippen LogP contribution in [0.4, 0.5) is 0 Å². The van der Waals surface area contributed by atoms with Crippen LogP contribution in [0.2, 0.25) is 0 Å². The highest BCUT2D eigenvalue weighted by atomic mass is 127. The maximum Gasteiger partial charge on any atom is 0.0765 e. The van der Waals surface area contributed by atoms with Gasteiger partial charge < -0.3 is 0 Å². The van der Waals surface area contributed by atoms with Gasteiger partial charge in [0.15, 0.2) is 0 Å². The van der Waals surface area contributed by atoms with Crippen LogP contribution in [0.25, 0.3) is 0 Å². The molecule has 0 fully saturated rings. The van der Waals surface area contributed by atoms with E-state index in [1.165, 1.54) is 2.88 Å². The molecule has 13 heavy (non-hydrogen) atoms. The second-order valence-electron chi connectivity index (χ2n) is 2.04. The van der Waals surface area contributed by atoms with Gasteiger partial charge in [0, 0.05) is 0 Å². The summed E-state index contributed by atoms with van der Waals surface area (Å²) < 4.78 is 1.35. The lowest BCUT2D eigenvalue weighted by molar-refractivity contribution is 1.95. The third-order valence-electron chi connectivity index (χ3n) is 1.15. The molecule has 0 bridgehead atoms. The van der Waals surface area contributed by atoms with E-state index in [0.29, 0.717) is 0 Å². The molecule has 0 aliphatic carbocycles. The fourth-order valence-electron chi connectivity index (χ4n) is 0.619. The van der Waals surface area contributed by atoms with Crippen molar-refractivity contribution in [2.75, 3.05) is 0 Å². The quantitative estimate of drug-likeness (QED) is 0.507. The molecule has 0 aliphatic rings. The molecule has 2 aromatic rings. The highest BCUT2D eigenvalue weighted by Gasteiger charge is 1.79. The van der Waals surface area contributed by atoms with E-state index in [4.69, 9.17) is 6.42 Å². The minimum atomic E-state index is 1.00. The average Bonchev–Trinajstić information content (AvgIpc) is 2.76. The molecule has 0 saturated carbocycles. The van der Waals surface area contributed by atoms with Crippen molar-refractivity contribution in [3.63, 3.8) is 0 Å². The molecule has 66 valence electrons. The van der Waals surface area contributed by atoms with Gasteiger partial charge in [0.1, 0.15) is 0 Å². The molecule has 0 radical (unpaired) electrons. The minimum absolute atomic E-state index is 1.00. The van der Waals surface area contributed by atoms with Crippen LogP contribution in [0.15, 0.2) is 35.0 Å². The second kappa shape index (κ2) is 6.19. The van der Waals surface area contributed by atoms with Crippen molar-refractivity contribution in [1.29, 1.82) is 0 Å². The Morgan fingerprint density at radius 3 is 2.08 bits per heavy atom. The fourth-order valence-corrected chi connectivity index (χ4v) is 2.24. The van der Waals surface area contributed by atoms with Crippen molar-refractivity contribution in [3.05, 3.63) is 42.8 Å². The summed E-state index contributed by atoms with van der Waals surface area (Å²) in [6.45, 7) is 0. The van der Waals surface area contributed by atoms with Crippen molar-refractivity contribution >= 4 is 45.3 Å². The summed E-state index contributed by atoms with van der Waals surface area (Å²) in [4.78, 5) is 1.00. The smallest absolute Gasteiger partial charge is 0.0765 e. The SMILES string of the molecule is C#Cc1cccs1.Ic1cccs1. The molecule has 0 unspecified atom stereocenters. The van der Waals surface area contributed by atoms with Crippen LogP contribution < -0.4 is 0 Å². The number of terminal acetylenes is 1. The first-order valence-electron chi connectivity index (χ1n) is 3.52. The molecular weight excluding hydrogens is 311 g/mol. The molecule has 2 rings (SSSR count). The summed E-state index contributed by atoms with van der Waals surface area (Å²) in [7, 11) is 0. The van der Waals surface area contributed by atoms with Gasteiger partial charge in [-0.25, -0.2) is 0 Å². The maximum atomic E-state index is 5.05. The third-order valence-corrected chi connectivity index (χ3v) is 3.73. The van der Waals surface area contributed by atoms with Crippen molar-refractivity contribution in [1.82, 2.24) is 0 Å². The van der Waals surface area contributed by atoms with Gasteiger partial charge in [-0.15, -0.1) is 29.1 Å². The number of hydrogen-bond donors (Lipinski definition) is 0. The van der Waals surface area contributed by atoms with Gasteiger partial charge in [-0.1, -0.05) is 18.1 Å². The van der Waals surface area contributed by atoms with Gasteiger partial charge in [0.05, 0.1) is 7.76 Å². The van der Waals surface area contributed by atoms with Crippen LogP contribution in [0, 0.1) is 15.2 Å². The molecule has 3 heteroatoms. The molecule has 0 saturated heterocycles. The fraction of sp³-hybridized carbons (Fsp3) is 0. The van der Waals surface area contributed by atoms with Gasteiger partial charge in [0.2, 0.25) is 0 Å². The van der Waals surface area contributed by atoms with Crippen LogP contribution in [0.1, 0.15) is 4.88 Å². The van der Waals surface area contributed by atoms with Crippen LogP contribution >= 0.6 is 45.3 Å². The largest absolute Gasteiger partial charge is 0.138 e. The van der Waals surface area contributed by atoms with Crippen LogP contribution in [0.5, 0.6) is 0 Å². The number of hydrogen-bond acceptors (Lipinski definition) is 2. The lowest BCUT2D eigenvalue weighted by Gasteiger charge is -1.66. The van der Waals surface area contributed by atoms with E-state index in [9.17, 15) is 0 Å². The lowest BCUT2D eigenvalue weighted by Crippen LogP contribution is -1.50. The maximum absolute atomic E-state index is 5.05. The molecule has 0 amide bonds. The summed E-state index contributed by atoms with van der Waals surface area (Å²) in [6, 6.07) is 8.00. The highest BCUT2D eigenvalue weighted by Crippen LogP contribution is 2.09. The first-order chi connectivity index (χ1) is 6.33. The Balaban J connectivity index is 0.000000132. The van der Waals surface area contributed by atoms with E-state index >= 15 is 0 Å². The van der Waals surface area contributed by atoms with Gasteiger partial charge in [-0.05, 0) is 45.5 Å². The number of halogens is 1. The Kier molecular flexibility index (Phi) is 5.13. The molecule has 0 nitrogen and oxygen atoms in total. The normalized spacial score (nSPS) is 8.31. The Morgan fingerprint density at radius 1 is 1.15 bits per heavy atom. The average molecular weight is 318 g/mol. The van der Waals surface area contributed by atoms with E-state index in [0.717, 1.165) is 4.88 Å². The van der Waals surface area contributed by atoms with Crippen molar-refractivity contribution in [2.45, 2.75) is 0 Å². The molecule has 0 N–H and O–H groups in total. The standard InChI is InChI=1S/C6H4S.C4H3IS/c1-2-6-4-3-5-7-6;5-4-2-1-3-6-4/h1,3-5H;1-3H. The topological polar surface area (TPSA) is 0 Å². The zero-order valence-electron chi connectivity index (χ0n) is 6.74. The molecule has 0 atom stereocenters. The Morgan fingerprint density at radius 2 is 1.85 bits per heavy atom. The predicted octanol–water partition coefficient (Wildman–Crippen LogP) is 4.08. The van der Waals surface area contributed by atoms with Crippen molar-refractivity contribution in [2.24, 2.45) is 0 Å². The predicted molar refractivity (Wildman–Crippen MR) is 69.3 cm³/mol. The van der Waals surface area contributed by atoms with E-state index < -0.39 is 0 Å². The summed E-state index contributed by atoms with van der Waals surface area (Å²) in [6.07, 6.45) is 5.05. The summed E-state index contributed by atoms with van der Waals surface area (Å²) in [5, 5.41) is 4.04. The number of rotatable bonds is 0. The van der Waals surface area contributed by atoms with E-state index in [-0.39, 0.29) is 0 Å². The van der Waals surface area contributed by atoms with Crippen LogP contribution in [-0.2, 0) is 0 Å². The summed E-state index contributed by atoms with van der Waals surface area (Å²) in [5.74, 6) is 2.53. The second-order valence-corrected chi connectivity index (χ2v) is 5.83. The van der Waals surface area contributed by atoms with Crippen molar-refractivity contribution in [3.8, 4) is 12.3 Å². The zero-order valence-corrected chi connectivity index (χ0v) is 10.5. The first-order valence-corrected chi connectivity index (χ1v) is 6.36. The van der Waals surface area contributed by atoms with Crippen molar-refractivity contribution < 1.29 is 0 Å². The molecule has 0 aliphatic heterocycles. The number of thiophene rings is 2.